The van der Waals surface area contributed by atoms with Crippen molar-refractivity contribution in [2.24, 2.45) is 0 Å². The van der Waals surface area contributed by atoms with Crippen LogP contribution >= 0.6 is 34.8 Å². The molecule has 0 bridgehead atoms. The van der Waals surface area contributed by atoms with E-state index < -0.39 is 38.7 Å². The van der Waals surface area contributed by atoms with Gasteiger partial charge in [-0.05, 0) is 94.3 Å². The zero-order chi connectivity index (χ0) is 29.8. The molecule has 0 aliphatic heterocycles. The lowest BCUT2D eigenvalue weighted by Gasteiger charge is -2.17. The van der Waals surface area contributed by atoms with Gasteiger partial charge in [0, 0.05) is 33.9 Å². The number of fused-ring (bicyclic) bond motifs is 3. The van der Waals surface area contributed by atoms with Crippen molar-refractivity contribution in [1.82, 2.24) is 5.32 Å². The average Bonchev–Trinajstić information content (AvgIpc) is 3.14. The number of aliphatic hydroxyl groups excluding tert-OH is 1. The Morgan fingerprint density at radius 1 is 0.968 bits per heavy atom. The van der Waals surface area contributed by atoms with Crippen molar-refractivity contribution < 1.29 is 17.4 Å². The Bertz CT molecular complexity index is 1470. The molecule has 0 spiro atoms. The third-order valence-corrected chi connectivity index (χ3v) is 5.72. The molecule has 0 saturated heterocycles. The molecule has 4 rings (SSSR count). The molecule has 160 valence electrons. The van der Waals surface area contributed by atoms with E-state index in [2.05, 4.69) is 5.32 Å². The van der Waals surface area contributed by atoms with Gasteiger partial charge in [0.25, 0.3) is 0 Å². The van der Waals surface area contributed by atoms with Crippen molar-refractivity contribution in [2.75, 3.05) is 13.0 Å². The van der Waals surface area contributed by atoms with E-state index in [1.165, 1.54) is 6.07 Å². The number of nitrogens with one attached hydrogen (secondary N) is 1. The topological polar surface area (TPSA) is 32.3 Å². The fourth-order valence-electron chi connectivity index (χ4n) is 3.72. The van der Waals surface area contributed by atoms with E-state index in [0.717, 1.165) is 22.3 Å². The lowest BCUT2D eigenvalue weighted by molar-refractivity contribution is 0.175. The van der Waals surface area contributed by atoms with Crippen LogP contribution in [-0.4, -0.2) is 18.1 Å². The summed E-state index contributed by atoms with van der Waals surface area (Å²) in [7, 11) is 0. The summed E-state index contributed by atoms with van der Waals surface area (Å²) in [6, 6.07) is 15.7. The SMILES string of the molecule is [2H]C([2H])([2H])C([2H])([2H])C([2H])([2H])C([2H])([2H])NCC(O)c1cc(Cl)cc2c1-c1ccc(Cl)cc1/C2=C/c1ccc(Cl)cc1. The quantitative estimate of drug-likeness (QED) is 0.284. The standard InChI is InChI=1S/C26H24Cl3NO/c1-2-3-10-30-15-25(31)24-14-19(29)13-23-21(11-16-4-6-17(27)7-5-16)22-12-18(28)8-9-20(22)26(23)24/h4-9,11-14,25,30-31H,2-3,10,15H2,1H3/b21-11-/i1D3,2D2,3D2,10D2. The van der Waals surface area contributed by atoms with Crippen LogP contribution in [0.1, 0.15) is 60.3 Å². The molecule has 0 amide bonds. The van der Waals surface area contributed by atoms with Crippen LogP contribution in [0.5, 0.6) is 0 Å². The normalized spacial score (nSPS) is 20.6. The van der Waals surface area contributed by atoms with Crippen LogP contribution in [0.3, 0.4) is 0 Å². The fraction of sp³-hybridized carbons (Fsp3) is 0.231. The predicted molar refractivity (Wildman–Crippen MR) is 133 cm³/mol. The second-order valence-corrected chi connectivity index (χ2v) is 8.30. The summed E-state index contributed by atoms with van der Waals surface area (Å²) >= 11 is 18.8. The van der Waals surface area contributed by atoms with Gasteiger partial charge in [-0.15, -0.1) is 0 Å². The molecule has 2 nitrogen and oxygen atoms in total. The van der Waals surface area contributed by atoms with Crippen molar-refractivity contribution >= 4 is 46.5 Å². The summed E-state index contributed by atoms with van der Waals surface area (Å²) in [6.07, 6.45) is -6.53. The number of rotatable bonds is 7. The Balaban J connectivity index is 1.75. The highest BCUT2D eigenvalue weighted by atomic mass is 35.5. The van der Waals surface area contributed by atoms with Crippen LogP contribution in [0.25, 0.3) is 22.8 Å². The van der Waals surface area contributed by atoms with Gasteiger partial charge in [-0.25, -0.2) is 0 Å². The third kappa shape index (κ3) is 4.84. The molecule has 3 aromatic carbocycles. The molecule has 0 saturated carbocycles. The maximum atomic E-state index is 11.2. The molecule has 0 aromatic heterocycles. The number of hydrogen-bond donors (Lipinski definition) is 2. The maximum absolute atomic E-state index is 11.2. The molecule has 2 N–H and O–H groups in total. The number of benzene rings is 3. The van der Waals surface area contributed by atoms with Crippen LogP contribution in [0, 0.1) is 0 Å². The van der Waals surface area contributed by atoms with E-state index >= 15 is 0 Å². The van der Waals surface area contributed by atoms with E-state index in [1.807, 2.05) is 18.2 Å². The van der Waals surface area contributed by atoms with E-state index in [4.69, 9.17) is 47.1 Å². The maximum Gasteiger partial charge on any atom is 0.0921 e. The molecule has 1 unspecified atom stereocenters. The van der Waals surface area contributed by atoms with Crippen molar-refractivity contribution in [3.05, 3.63) is 91.9 Å². The summed E-state index contributed by atoms with van der Waals surface area (Å²) < 4.78 is 70.0. The third-order valence-electron chi connectivity index (χ3n) is 5.01. The average molecular weight is 482 g/mol. The van der Waals surface area contributed by atoms with E-state index in [-0.39, 0.29) is 5.02 Å². The zero-order valence-corrected chi connectivity index (χ0v) is 18.4. The van der Waals surface area contributed by atoms with E-state index in [9.17, 15) is 5.11 Å². The first-order chi connectivity index (χ1) is 18.4. The van der Waals surface area contributed by atoms with E-state index in [0.29, 0.717) is 26.7 Å². The monoisotopic (exact) mass is 480 g/mol. The summed E-state index contributed by atoms with van der Waals surface area (Å²) in [5.74, 6) is 0. The van der Waals surface area contributed by atoms with Gasteiger partial charge in [0.1, 0.15) is 0 Å². The first-order valence-corrected chi connectivity index (χ1v) is 10.6. The van der Waals surface area contributed by atoms with Gasteiger partial charge < -0.3 is 10.4 Å². The zero-order valence-electron chi connectivity index (χ0n) is 25.1. The Kier molecular flexibility index (Phi) is 4.31. The smallest absolute Gasteiger partial charge is 0.0921 e. The molecule has 0 heterocycles. The van der Waals surface area contributed by atoms with E-state index in [1.54, 1.807) is 36.4 Å². The van der Waals surface area contributed by atoms with Crippen LogP contribution in [0.15, 0.2) is 54.6 Å². The highest BCUT2D eigenvalue weighted by molar-refractivity contribution is 6.32. The van der Waals surface area contributed by atoms with Gasteiger partial charge in [0.05, 0.1) is 6.10 Å². The van der Waals surface area contributed by atoms with Crippen LogP contribution in [0.2, 0.25) is 15.1 Å². The molecular weight excluding hydrogens is 449 g/mol. The van der Waals surface area contributed by atoms with Gasteiger partial charge in [-0.1, -0.05) is 66.2 Å². The summed E-state index contributed by atoms with van der Waals surface area (Å²) in [6.45, 7) is -7.18. The molecule has 1 aliphatic carbocycles. The lowest BCUT2D eigenvalue weighted by atomic mass is 9.95. The first-order valence-electron chi connectivity index (χ1n) is 13.9. The van der Waals surface area contributed by atoms with Crippen LogP contribution < -0.4 is 5.32 Å². The molecule has 0 radical (unpaired) electrons. The van der Waals surface area contributed by atoms with Crippen molar-refractivity contribution in [1.29, 1.82) is 0 Å². The summed E-state index contributed by atoms with van der Waals surface area (Å²) in [4.78, 5) is 0. The van der Waals surface area contributed by atoms with Gasteiger partial charge in [-0.3, -0.25) is 0 Å². The molecule has 0 fully saturated rings. The second-order valence-electron chi connectivity index (χ2n) is 6.99. The Labute approximate surface area is 211 Å². The highest BCUT2D eigenvalue weighted by Crippen LogP contribution is 2.49. The van der Waals surface area contributed by atoms with Gasteiger partial charge >= 0.3 is 0 Å². The molecule has 1 atom stereocenters. The minimum Gasteiger partial charge on any atom is -0.387 e. The van der Waals surface area contributed by atoms with Gasteiger partial charge in [-0.2, -0.15) is 0 Å². The van der Waals surface area contributed by atoms with Crippen molar-refractivity contribution in [2.45, 2.75) is 25.7 Å². The summed E-state index contributed by atoms with van der Waals surface area (Å²) in [5, 5.41) is 14.8. The van der Waals surface area contributed by atoms with Crippen LogP contribution in [-0.2, 0) is 0 Å². The first kappa shape index (κ1) is 13.7. The minimum absolute atomic E-state index is 0.283. The minimum atomic E-state index is -3.53. The largest absolute Gasteiger partial charge is 0.387 e. The molecule has 1 aliphatic rings. The van der Waals surface area contributed by atoms with Crippen molar-refractivity contribution in [3.63, 3.8) is 0 Å². The highest BCUT2D eigenvalue weighted by Gasteiger charge is 2.29. The number of halogens is 3. The Hall–Kier alpha value is -1.81. The fourth-order valence-corrected chi connectivity index (χ4v) is 4.25. The Morgan fingerprint density at radius 3 is 2.48 bits per heavy atom. The molecular formula is C26H24Cl3NO. The van der Waals surface area contributed by atoms with Crippen molar-refractivity contribution in [3.8, 4) is 11.1 Å². The lowest BCUT2D eigenvalue weighted by Crippen LogP contribution is -2.22. The van der Waals surface area contributed by atoms with Crippen LogP contribution in [0.4, 0.5) is 0 Å². The molecule has 3 aromatic rings. The number of hydrogen-bond acceptors (Lipinski definition) is 2. The molecule has 31 heavy (non-hydrogen) atoms. The predicted octanol–water partition coefficient (Wildman–Crippen LogP) is 7.64. The number of aliphatic hydroxyl groups is 1. The molecule has 5 heteroatoms. The van der Waals surface area contributed by atoms with Gasteiger partial charge in [0.15, 0.2) is 0 Å². The van der Waals surface area contributed by atoms with Gasteiger partial charge in [0.2, 0.25) is 0 Å². The summed E-state index contributed by atoms with van der Waals surface area (Å²) in [5.41, 5.74) is 4.75. The second kappa shape index (κ2) is 9.77. The Morgan fingerprint density at radius 2 is 1.71 bits per heavy atom.